The number of fused-ring (bicyclic) bond motifs is 1. The Balaban J connectivity index is 1.46. The summed E-state index contributed by atoms with van der Waals surface area (Å²) in [5.41, 5.74) is 3.56. The van der Waals surface area contributed by atoms with E-state index in [1.54, 1.807) is 18.4 Å². The third-order valence-corrected chi connectivity index (χ3v) is 4.82. The van der Waals surface area contributed by atoms with Crippen LogP contribution in [0.4, 0.5) is 5.82 Å². The maximum absolute atomic E-state index is 10.8. The normalized spacial score (nSPS) is 10.8. The first kappa shape index (κ1) is 21.2. The number of ether oxygens (including phenoxy) is 2. The molecule has 0 atom stereocenters. The fourth-order valence-corrected chi connectivity index (χ4v) is 3.38. The van der Waals surface area contributed by atoms with E-state index >= 15 is 0 Å². The van der Waals surface area contributed by atoms with Crippen molar-refractivity contribution in [1.82, 2.24) is 9.97 Å². The van der Waals surface area contributed by atoms with Crippen LogP contribution >= 0.6 is 0 Å². The van der Waals surface area contributed by atoms with Crippen LogP contribution in [0.1, 0.15) is 12.5 Å². The highest BCUT2D eigenvalue weighted by Crippen LogP contribution is 2.32. The minimum absolute atomic E-state index is 0.373. The Labute approximate surface area is 184 Å². The SMILES string of the molecule is CCOc1cc(-c2cc(NCCc3cccc4ccoc34)ncn2)ccc1OCC(=O)O. The first-order chi connectivity index (χ1) is 15.6. The van der Waals surface area contributed by atoms with Crippen LogP contribution in [0.3, 0.4) is 0 Å². The number of carboxylic acid groups (broad SMARTS) is 1. The third-order valence-electron chi connectivity index (χ3n) is 4.82. The lowest BCUT2D eigenvalue weighted by Crippen LogP contribution is -2.10. The van der Waals surface area contributed by atoms with E-state index < -0.39 is 12.6 Å². The van der Waals surface area contributed by atoms with Gasteiger partial charge >= 0.3 is 5.97 Å². The van der Waals surface area contributed by atoms with Crippen LogP contribution in [0.15, 0.2) is 65.5 Å². The number of hydrogen-bond acceptors (Lipinski definition) is 7. The van der Waals surface area contributed by atoms with Gasteiger partial charge in [0.2, 0.25) is 0 Å². The molecule has 0 aliphatic rings. The van der Waals surface area contributed by atoms with Gasteiger partial charge in [-0.1, -0.05) is 18.2 Å². The zero-order valence-corrected chi connectivity index (χ0v) is 17.6. The standard InChI is InChI=1S/C24H23N3O5/c1-2-30-21-12-18(6-7-20(21)32-14-23(28)29)19-13-22(27-15-26-19)25-10-8-16-4-3-5-17-9-11-31-24(16)17/h3-7,9,11-13,15H,2,8,10,14H2,1H3,(H,28,29)(H,25,26,27). The highest BCUT2D eigenvalue weighted by Gasteiger charge is 2.11. The number of carbonyl (C=O) groups is 1. The van der Waals surface area contributed by atoms with Gasteiger partial charge in [0.1, 0.15) is 17.7 Å². The van der Waals surface area contributed by atoms with Crippen molar-refractivity contribution in [2.24, 2.45) is 0 Å². The van der Waals surface area contributed by atoms with Crippen molar-refractivity contribution < 1.29 is 23.8 Å². The Kier molecular flexibility index (Phi) is 6.50. The van der Waals surface area contributed by atoms with Crippen LogP contribution in [0.25, 0.3) is 22.2 Å². The number of nitrogens with zero attached hydrogens (tertiary/aromatic N) is 2. The first-order valence-corrected chi connectivity index (χ1v) is 10.3. The molecular formula is C24H23N3O5. The largest absolute Gasteiger partial charge is 0.490 e. The number of para-hydroxylation sites is 1. The Morgan fingerprint density at radius 3 is 2.84 bits per heavy atom. The molecule has 0 radical (unpaired) electrons. The Bertz CT molecular complexity index is 1220. The molecule has 2 N–H and O–H groups in total. The predicted molar refractivity (Wildman–Crippen MR) is 120 cm³/mol. The average molecular weight is 433 g/mol. The number of anilines is 1. The molecule has 0 unspecified atom stereocenters. The van der Waals surface area contributed by atoms with Crippen molar-refractivity contribution in [3.63, 3.8) is 0 Å². The van der Waals surface area contributed by atoms with Crippen molar-refractivity contribution in [3.05, 3.63) is 66.7 Å². The Hall–Kier alpha value is -4.07. The maximum Gasteiger partial charge on any atom is 0.341 e. The molecule has 0 saturated heterocycles. The number of benzene rings is 2. The zero-order chi connectivity index (χ0) is 22.3. The highest BCUT2D eigenvalue weighted by atomic mass is 16.5. The van der Waals surface area contributed by atoms with Crippen molar-refractivity contribution in [2.75, 3.05) is 25.1 Å². The van der Waals surface area contributed by atoms with E-state index in [0.29, 0.717) is 36.2 Å². The quantitative estimate of drug-likeness (QED) is 0.379. The van der Waals surface area contributed by atoms with E-state index in [1.165, 1.54) is 6.33 Å². The number of furan rings is 1. The lowest BCUT2D eigenvalue weighted by molar-refractivity contribution is -0.139. The summed E-state index contributed by atoms with van der Waals surface area (Å²) in [4.78, 5) is 19.5. The second-order valence-corrected chi connectivity index (χ2v) is 7.00. The summed E-state index contributed by atoms with van der Waals surface area (Å²) in [6.45, 7) is 2.52. The van der Waals surface area contributed by atoms with Gasteiger partial charge in [0.15, 0.2) is 18.1 Å². The summed E-state index contributed by atoms with van der Waals surface area (Å²) < 4.78 is 16.5. The fraction of sp³-hybridized carbons (Fsp3) is 0.208. The molecule has 2 aromatic carbocycles. The zero-order valence-electron chi connectivity index (χ0n) is 17.6. The van der Waals surface area contributed by atoms with Crippen LogP contribution in [0.2, 0.25) is 0 Å². The van der Waals surface area contributed by atoms with Crippen LogP contribution in [0.5, 0.6) is 11.5 Å². The summed E-state index contributed by atoms with van der Waals surface area (Å²) in [6.07, 6.45) is 3.99. The number of carboxylic acids is 1. The molecule has 0 aliphatic heterocycles. The minimum atomic E-state index is -1.05. The Morgan fingerprint density at radius 2 is 2.00 bits per heavy atom. The van der Waals surface area contributed by atoms with E-state index in [1.807, 2.05) is 37.3 Å². The van der Waals surface area contributed by atoms with E-state index in [9.17, 15) is 4.79 Å². The summed E-state index contributed by atoms with van der Waals surface area (Å²) in [5, 5.41) is 13.3. The van der Waals surface area contributed by atoms with Crippen LogP contribution in [-0.4, -0.2) is 40.8 Å². The van der Waals surface area contributed by atoms with Gasteiger partial charge in [0.25, 0.3) is 0 Å². The third kappa shape index (κ3) is 4.97. The molecule has 0 amide bonds. The van der Waals surface area contributed by atoms with Crippen molar-refractivity contribution >= 4 is 22.8 Å². The summed E-state index contributed by atoms with van der Waals surface area (Å²) in [7, 11) is 0. The number of rotatable bonds is 10. The topological polar surface area (TPSA) is 107 Å². The second-order valence-electron chi connectivity index (χ2n) is 7.00. The number of nitrogens with one attached hydrogen (secondary N) is 1. The fourth-order valence-electron chi connectivity index (χ4n) is 3.38. The van der Waals surface area contributed by atoms with Gasteiger partial charge in [-0.05, 0) is 43.2 Å². The number of hydrogen-bond donors (Lipinski definition) is 2. The smallest absolute Gasteiger partial charge is 0.341 e. The molecule has 8 heteroatoms. The highest BCUT2D eigenvalue weighted by molar-refractivity contribution is 5.80. The molecular weight excluding hydrogens is 410 g/mol. The maximum atomic E-state index is 10.8. The average Bonchev–Trinajstić information content (AvgIpc) is 3.28. The van der Waals surface area contributed by atoms with E-state index in [4.69, 9.17) is 19.0 Å². The lowest BCUT2D eigenvalue weighted by atomic mass is 10.1. The molecule has 4 rings (SSSR count). The van der Waals surface area contributed by atoms with Gasteiger partial charge in [-0.25, -0.2) is 14.8 Å². The summed E-state index contributed by atoms with van der Waals surface area (Å²) in [5.74, 6) is 0.487. The molecule has 0 spiro atoms. The Morgan fingerprint density at radius 1 is 1.09 bits per heavy atom. The van der Waals surface area contributed by atoms with Crippen molar-refractivity contribution in [2.45, 2.75) is 13.3 Å². The molecule has 2 heterocycles. The van der Waals surface area contributed by atoms with Gasteiger partial charge in [-0.2, -0.15) is 0 Å². The van der Waals surface area contributed by atoms with Gasteiger partial charge in [-0.3, -0.25) is 0 Å². The van der Waals surface area contributed by atoms with Gasteiger partial charge in [0.05, 0.1) is 18.6 Å². The molecule has 32 heavy (non-hydrogen) atoms. The van der Waals surface area contributed by atoms with Crippen LogP contribution in [0, 0.1) is 0 Å². The van der Waals surface area contributed by atoms with Gasteiger partial charge in [-0.15, -0.1) is 0 Å². The number of aromatic nitrogens is 2. The van der Waals surface area contributed by atoms with Crippen molar-refractivity contribution in [3.8, 4) is 22.8 Å². The predicted octanol–water partition coefficient (Wildman–Crippen LogP) is 4.41. The summed E-state index contributed by atoms with van der Waals surface area (Å²) in [6, 6.07) is 15.2. The number of aliphatic carboxylic acids is 1. The second kappa shape index (κ2) is 9.82. The summed E-state index contributed by atoms with van der Waals surface area (Å²) >= 11 is 0. The molecule has 164 valence electrons. The van der Waals surface area contributed by atoms with Crippen LogP contribution in [-0.2, 0) is 11.2 Å². The van der Waals surface area contributed by atoms with E-state index in [0.717, 1.165) is 28.5 Å². The van der Waals surface area contributed by atoms with Gasteiger partial charge in [0, 0.05) is 23.6 Å². The first-order valence-electron chi connectivity index (χ1n) is 10.3. The minimum Gasteiger partial charge on any atom is -0.490 e. The molecule has 8 nitrogen and oxygen atoms in total. The van der Waals surface area contributed by atoms with Crippen LogP contribution < -0.4 is 14.8 Å². The molecule has 0 fully saturated rings. The van der Waals surface area contributed by atoms with E-state index in [2.05, 4.69) is 21.4 Å². The monoisotopic (exact) mass is 433 g/mol. The molecule has 0 saturated carbocycles. The molecule has 0 bridgehead atoms. The van der Waals surface area contributed by atoms with E-state index in [-0.39, 0.29) is 0 Å². The molecule has 0 aliphatic carbocycles. The molecule has 4 aromatic rings. The molecule has 2 aromatic heterocycles. The van der Waals surface area contributed by atoms with Crippen molar-refractivity contribution in [1.29, 1.82) is 0 Å². The van der Waals surface area contributed by atoms with Gasteiger partial charge < -0.3 is 24.3 Å². The lowest BCUT2D eigenvalue weighted by Gasteiger charge is -2.13.